The summed E-state index contributed by atoms with van der Waals surface area (Å²) in [4.78, 5) is 16.4. The fourth-order valence-electron chi connectivity index (χ4n) is 2.58. The van der Waals surface area contributed by atoms with Gasteiger partial charge < -0.3 is 10.4 Å². The van der Waals surface area contributed by atoms with Crippen LogP contribution in [0.2, 0.25) is 0 Å². The summed E-state index contributed by atoms with van der Waals surface area (Å²) in [5, 5.41) is 12.5. The predicted octanol–water partition coefficient (Wildman–Crippen LogP) is 2.86. The van der Waals surface area contributed by atoms with E-state index < -0.39 is 9.84 Å². The van der Waals surface area contributed by atoms with E-state index in [2.05, 4.69) is 10.3 Å². The first kappa shape index (κ1) is 18.6. The number of amides is 1. The number of hydrogen-bond donors (Lipinski definition) is 2. The second kappa shape index (κ2) is 7.59. The fourth-order valence-corrected chi connectivity index (χ4v) is 3.87. The van der Waals surface area contributed by atoms with Crippen LogP contribution >= 0.6 is 0 Å². The zero-order valence-corrected chi connectivity index (χ0v) is 15.4. The Balaban J connectivity index is 1.75. The normalized spacial score (nSPS) is 11.1. The first-order valence-electron chi connectivity index (χ1n) is 8.21. The molecule has 138 valence electrons. The molecule has 0 saturated heterocycles. The van der Waals surface area contributed by atoms with Crippen LogP contribution in [0.25, 0.3) is 0 Å². The van der Waals surface area contributed by atoms with Gasteiger partial charge in [0.05, 0.1) is 9.79 Å². The van der Waals surface area contributed by atoms with Crippen molar-refractivity contribution in [3.05, 3.63) is 83.6 Å². The summed E-state index contributed by atoms with van der Waals surface area (Å²) in [6.45, 7) is 1.93. The van der Waals surface area contributed by atoms with Gasteiger partial charge in [-0.15, -0.1) is 0 Å². The largest absolute Gasteiger partial charge is 0.493 e. The number of nitrogens with zero attached hydrogens (tertiary/aromatic N) is 1. The molecule has 0 bridgehead atoms. The SMILES string of the molecule is Cc1ccnc(O)c1CNC(=O)c1ccc(S(=O)(=O)c2ccccc2)cc1. The Morgan fingerprint density at radius 3 is 2.26 bits per heavy atom. The molecule has 1 amide bonds. The molecule has 3 rings (SSSR count). The summed E-state index contributed by atoms with van der Waals surface area (Å²) in [5.41, 5.74) is 1.67. The Labute approximate surface area is 157 Å². The van der Waals surface area contributed by atoms with Crippen molar-refractivity contribution in [1.29, 1.82) is 0 Å². The van der Waals surface area contributed by atoms with Crippen molar-refractivity contribution < 1.29 is 18.3 Å². The molecule has 0 unspecified atom stereocenters. The number of nitrogens with one attached hydrogen (secondary N) is 1. The average Bonchev–Trinajstić information content (AvgIpc) is 2.68. The number of hydrogen-bond acceptors (Lipinski definition) is 5. The Hall–Kier alpha value is -3.19. The van der Waals surface area contributed by atoms with Crippen molar-refractivity contribution in [3.8, 4) is 5.88 Å². The molecule has 0 saturated carbocycles. The lowest BCUT2D eigenvalue weighted by Gasteiger charge is -2.10. The Kier molecular flexibility index (Phi) is 5.23. The lowest BCUT2D eigenvalue weighted by Crippen LogP contribution is -2.23. The number of aromatic hydroxyl groups is 1. The molecule has 0 aliphatic carbocycles. The van der Waals surface area contributed by atoms with Crippen molar-refractivity contribution in [1.82, 2.24) is 10.3 Å². The quantitative estimate of drug-likeness (QED) is 0.707. The van der Waals surface area contributed by atoms with E-state index in [1.165, 1.54) is 42.6 Å². The Morgan fingerprint density at radius 1 is 1.00 bits per heavy atom. The Bertz CT molecular complexity index is 1040. The minimum Gasteiger partial charge on any atom is -0.493 e. The number of rotatable bonds is 5. The van der Waals surface area contributed by atoms with E-state index in [1.807, 2.05) is 6.92 Å². The molecule has 2 aromatic carbocycles. The van der Waals surface area contributed by atoms with Gasteiger partial charge in [-0.1, -0.05) is 18.2 Å². The van der Waals surface area contributed by atoms with Crippen molar-refractivity contribution >= 4 is 15.7 Å². The van der Waals surface area contributed by atoms with Gasteiger partial charge in [0.1, 0.15) is 0 Å². The molecule has 1 heterocycles. The molecular weight excluding hydrogens is 364 g/mol. The summed E-state index contributed by atoms with van der Waals surface area (Å²) in [5.74, 6) is -0.499. The lowest BCUT2D eigenvalue weighted by molar-refractivity contribution is 0.0950. The van der Waals surface area contributed by atoms with Crippen LogP contribution < -0.4 is 5.32 Å². The minimum atomic E-state index is -3.62. The van der Waals surface area contributed by atoms with Gasteiger partial charge >= 0.3 is 0 Å². The van der Waals surface area contributed by atoms with E-state index in [4.69, 9.17) is 0 Å². The smallest absolute Gasteiger partial charge is 0.251 e. The van der Waals surface area contributed by atoms with E-state index in [0.717, 1.165) is 5.56 Å². The van der Waals surface area contributed by atoms with Gasteiger partial charge in [-0.25, -0.2) is 13.4 Å². The highest BCUT2D eigenvalue weighted by atomic mass is 32.2. The maximum absolute atomic E-state index is 12.6. The van der Waals surface area contributed by atoms with Crippen LogP contribution in [0.3, 0.4) is 0 Å². The van der Waals surface area contributed by atoms with Gasteiger partial charge in [0, 0.05) is 23.9 Å². The number of aryl methyl sites for hydroxylation is 1. The standard InChI is InChI=1S/C20H18N2O4S/c1-14-11-12-21-20(24)18(14)13-22-19(23)15-7-9-17(10-8-15)27(25,26)16-5-3-2-4-6-16/h2-12H,13H2,1H3,(H,21,24)(H,22,23). The van der Waals surface area contributed by atoms with Crippen molar-refractivity contribution in [2.45, 2.75) is 23.3 Å². The van der Waals surface area contributed by atoms with Crippen LogP contribution in [0.4, 0.5) is 0 Å². The van der Waals surface area contributed by atoms with Crippen LogP contribution in [0, 0.1) is 6.92 Å². The summed E-state index contributed by atoms with van der Waals surface area (Å²) in [6.07, 6.45) is 1.49. The molecule has 0 atom stereocenters. The maximum atomic E-state index is 12.6. The van der Waals surface area contributed by atoms with Gasteiger partial charge in [0.15, 0.2) is 0 Å². The third-order valence-corrected chi connectivity index (χ3v) is 5.96. The minimum absolute atomic E-state index is 0.117. The van der Waals surface area contributed by atoms with Gasteiger partial charge in [-0.3, -0.25) is 4.79 Å². The summed E-state index contributed by atoms with van der Waals surface area (Å²) >= 11 is 0. The van der Waals surface area contributed by atoms with E-state index in [-0.39, 0.29) is 28.1 Å². The fraction of sp³-hybridized carbons (Fsp3) is 0.100. The topological polar surface area (TPSA) is 96.4 Å². The molecule has 3 aromatic rings. The van der Waals surface area contributed by atoms with Gasteiger partial charge in [0.2, 0.25) is 15.7 Å². The van der Waals surface area contributed by atoms with Crippen LogP contribution in [-0.4, -0.2) is 24.4 Å². The average molecular weight is 382 g/mol. The van der Waals surface area contributed by atoms with Gasteiger partial charge in [-0.2, -0.15) is 0 Å². The molecule has 6 nitrogen and oxygen atoms in total. The molecule has 0 spiro atoms. The van der Waals surface area contributed by atoms with Crippen molar-refractivity contribution in [2.24, 2.45) is 0 Å². The molecule has 7 heteroatoms. The van der Waals surface area contributed by atoms with Crippen LogP contribution in [0.5, 0.6) is 5.88 Å². The molecule has 0 aliphatic heterocycles. The zero-order valence-electron chi connectivity index (χ0n) is 14.6. The third kappa shape index (κ3) is 3.98. The highest BCUT2D eigenvalue weighted by molar-refractivity contribution is 7.91. The molecule has 27 heavy (non-hydrogen) atoms. The summed E-state index contributed by atoms with van der Waals surface area (Å²) in [7, 11) is -3.62. The van der Waals surface area contributed by atoms with Crippen molar-refractivity contribution in [3.63, 3.8) is 0 Å². The lowest BCUT2D eigenvalue weighted by atomic mass is 10.1. The van der Waals surface area contributed by atoms with E-state index in [0.29, 0.717) is 11.1 Å². The van der Waals surface area contributed by atoms with Crippen LogP contribution in [-0.2, 0) is 16.4 Å². The predicted molar refractivity (Wildman–Crippen MR) is 100 cm³/mol. The van der Waals surface area contributed by atoms with Gasteiger partial charge in [-0.05, 0) is 55.0 Å². The molecule has 0 radical (unpaired) electrons. The monoisotopic (exact) mass is 382 g/mol. The van der Waals surface area contributed by atoms with E-state index in [1.54, 1.807) is 24.3 Å². The molecule has 0 aliphatic rings. The molecular formula is C20H18N2O4S. The second-order valence-corrected chi connectivity index (χ2v) is 7.90. The molecule has 0 fully saturated rings. The summed E-state index contributed by atoms with van der Waals surface area (Å²) < 4.78 is 25.1. The number of aromatic nitrogens is 1. The van der Waals surface area contributed by atoms with E-state index >= 15 is 0 Å². The maximum Gasteiger partial charge on any atom is 0.251 e. The third-order valence-electron chi connectivity index (χ3n) is 4.17. The highest BCUT2D eigenvalue weighted by Gasteiger charge is 2.18. The van der Waals surface area contributed by atoms with E-state index in [9.17, 15) is 18.3 Å². The number of pyridine rings is 1. The number of carbonyl (C=O) groups excluding carboxylic acids is 1. The summed E-state index contributed by atoms with van der Waals surface area (Å²) in [6, 6.07) is 15.6. The molecule has 2 N–H and O–H groups in total. The second-order valence-electron chi connectivity index (χ2n) is 5.95. The van der Waals surface area contributed by atoms with Crippen LogP contribution in [0.1, 0.15) is 21.5 Å². The first-order valence-corrected chi connectivity index (χ1v) is 9.70. The Morgan fingerprint density at radius 2 is 1.63 bits per heavy atom. The van der Waals surface area contributed by atoms with Crippen molar-refractivity contribution in [2.75, 3.05) is 0 Å². The number of benzene rings is 2. The number of sulfone groups is 1. The van der Waals surface area contributed by atoms with Crippen LogP contribution in [0.15, 0.2) is 76.7 Å². The first-order chi connectivity index (χ1) is 12.9. The highest BCUT2D eigenvalue weighted by Crippen LogP contribution is 2.21. The molecule has 1 aromatic heterocycles. The zero-order chi connectivity index (χ0) is 19.4. The van der Waals surface area contributed by atoms with Gasteiger partial charge in [0.25, 0.3) is 5.91 Å². The number of carbonyl (C=O) groups is 1.